The number of carbonyl (C=O) groups excluding carboxylic acids is 1. The fourth-order valence-corrected chi connectivity index (χ4v) is 2.57. The predicted molar refractivity (Wildman–Crippen MR) is 87.4 cm³/mol. The van der Waals surface area contributed by atoms with Crippen LogP contribution in [-0.4, -0.2) is 50.4 Å². The molecule has 0 atom stereocenters. The molecule has 0 aliphatic heterocycles. The Morgan fingerprint density at radius 1 is 1.19 bits per heavy atom. The van der Waals surface area contributed by atoms with E-state index < -0.39 is 15.6 Å². The Morgan fingerprint density at radius 2 is 1.81 bits per heavy atom. The van der Waals surface area contributed by atoms with Gasteiger partial charge in [0.25, 0.3) is 0 Å². The Morgan fingerprint density at radius 3 is 2.33 bits per heavy atom. The average Bonchev–Trinajstić information content (AvgIpc) is 2.44. The van der Waals surface area contributed by atoms with Gasteiger partial charge in [-0.25, -0.2) is 8.42 Å². The van der Waals surface area contributed by atoms with Gasteiger partial charge in [-0.05, 0) is 12.0 Å². The summed E-state index contributed by atoms with van der Waals surface area (Å²) in [6.45, 7) is 2.73. The van der Waals surface area contributed by atoms with Gasteiger partial charge in [0.2, 0.25) is 5.91 Å². The molecule has 21 heavy (non-hydrogen) atoms. The summed E-state index contributed by atoms with van der Waals surface area (Å²) in [6, 6.07) is 9.76. The molecule has 1 aromatic carbocycles. The standard InChI is InChI=1S/C14H22N2O3S.ClH/c1-2-20(18,19)12-14(17)16(11-9-15)10-8-13-6-4-3-5-7-13;/h3-7H,2,8-12,15H2,1H3;1H. The van der Waals surface area contributed by atoms with Gasteiger partial charge in [0.1, 0.15) is 5.75 Å². The van der Waals surface area contributed by atoms with Gasteiger partial charge in [0.15, 0.2) is 9.84 Å². The van der Waals surface area contributed by atoms with Crippen molar-refractivity contribution in [2.24, 2.45) is 5.73 Å². The van der Waals surface area contributed by atoms with Crippen LogP contribution in [0.2, 0.25) is 0 Å². The van der Waals surface area contributed by atoms with Crippen molar-refractivity contribution in [3.8, 4) is 0 Å². The fraction of sp³-hybridized carbons (Fsp3) is 0.500. The summed E-state index contributed by atoms with van der Waals surface area (Å²) in [5.41, 5.74) is 6.60. The quantitative estimate of drug-likeness (QED) is 0.765. The number of sulfone groups is 1. The summed E-state index contributed by atoms with van der Waals surface area (Å²) in [5, 5.41) is 0. The molecule has 0 heterocycles. The number of benzene rings is 1. The van der Waals surface area contributed by atoms with Crippen molar-refractivity contribution in [1.29, 1.82) is 0 Å². The van der Waals surface area contributed by atoms with E-state index in [9.17, 15) is 13.2 Å². The molecule has 0 spiro atoms. The molecule has 0 aromatic heterocycles. The van der Waals surface area contributed by atoms with E-state index >= 15 is 0 Å². The van der Waals surface area contributed by atoms with Gasteiger partial charge in [-0.1, -0.05) is 37.3 Å². The summed E-state index contributed by atoms with van der Waals surface area (Å²) >= 11 is 0. The first-order chi connectivity index (χ1) is 9.48. The molecule has 1 amide bonds. The SMILES string of the molecule is CCS(=O)(=O)CC(=O)N(CCN)CCc1ccccc1.Cl. The first-order valence-electron chi connectivity index (χ1n) is 6.70. The summed E-state index contributed by atoms with van der Waals surface area (Å²) in [6.07, 6.45) is 0.693. The Kier molecular flexibility index (Phi) is 9.24. The van der Waals surface area contributed by atoms with Gasteiger partial charge in [-0.3, -0.25) is 4.79 Å². The Balaban J connectivity index is 0.00000400. The molecule has 1 aromatic rings. The molecule has 0 bridgehead atoms. The zero-order valence-electron chi connectivity index (χ0n) is 12.2. The van der Waals surface area contributed by atoms with E-state index in [1.165, 1.54) is 4.90 Å². The van der Waals surface area contributed by atoms with Gasteiger partial charge in [0, 0.05) is 25.4 Å². The van der Waals surface area contributed by atoms with Gasteiger partial charge in [0.05, 0.1) is 0 Å². The summed E-state index contributed by atoms with van der Waals surface area (Å²) in [4.78, 5) is 13.5. The molecular weight excluding hydrogens is 312 g/mol. The number of halogens is 1. The van der Waals surface area contributed by atoms with Crippen molar-refractivity contribution in [3.05, 3.63) is 35.9 Å². The van der Waals surface area contributed by atoms with E-state index in [1.54, 1.807) is 6.92 Å². The number of hydrogen-bond acceptors (Lipinski definition) is 4. The molecule has 7 heteroatoms. The van der Waals surface area contributed by atoms with Crippen molar-refractivity contribution in [2.75, 3.05) is 31.1 Å². The van der Waals surface area contributed by atoms with Crippen molar-refractivity contribution >= 4 is 28.2 Å². The van der Waals surface area contributed by atoms with E-state index in [-0.39, 0.29) is 24.1 Å². The average molecular weight is 335 g/mol. The van der Waals surface area contributed by atoms with Crippen LogP contribution in [0.5, 0.6) is 0 Å². The second-order valence-corrected chi connectivity index (χ2v) is 6.93. The first kappa shape index (κ1) is 19.9. The Labute approximate surface area is 132 Å². The highest BCUT2D eigenvalue weighted by atomic mass is 35.5. The molecule has 2 N–H and O–H groups in total. The Bertz CT molecular complexity index is 520. The zero-order chi connectivity index (χ0) is 15.0. The maximum atomic E-state index is 12.0. The molecule has 0 radical (unpaired) electrons. The second kappa shape index (κ2) is 9.76. The topological polar surface area (TPSA) is 80.5 Å². The maximum absolute atomic E-state index is 12.0. The van der Waals surface area contributed by atoms with Gasteiger partial charge in [-0.15, -0.1) is 12.4 Å². The molecule has 0 aliphatic carbocycles. The number of nitrogens with two attached hydrogens (primary N) is 1. The molecule has 5 nitrogen and oxygen atoms in total. The van der Waals surface area contributed by atoms with Gasteiger partial charge in [-0.2, -0.15) is 0 Å². The van der Waals surface area contributed by atoms with E-state index in [0.717, 1.165) is 5.56 Å². The number of rotatable bonds is 8. The van der Waals surface area contributed by atoms with Crippen molar-refractivity contribution in [1.82, 2.24) is 4.90 Å². The highest BCUT2D eigenvalue weighted by molar-refractivity contribution is 7.92. The van der Waals surface area contributed by atoms with Crippen molar-refractivity contribution in [2.45, 2.75) is 13.3 Å². The maximum Gasteiger partial charge on any atom is 0.237 e. The third kappa shape index (κ3) is 7.45. The van der Waals surface area contributed by atoms with Crippen LogP contribution in [0.1, 0.15) is 12.5 Å². The highest BCUT2D eigenvalue weighted by Crippen LogP contribution is 2.03. The molecule has 120 valence electrons. The third-order valence-electron chi connectivity index (χ3n) is 3.05. The van der Waals surface area contributed by atoms with E-state index in [1.807, 2.05) is 30.3 Å². The number of carbonyl (C=O) groups is 1. The van der Waals surface area contributed by atoms with E-state index in [0.29, 0.717) is 26.1 Å². The van der Waals surface area contributed by atoms with Gasteiger partial charge < -0.3 is 10.6 Å². The fourth-order valence-electron chi connectivity index (χ4n) is 1.81. The molecule has 0 unspecified atom stereocenters. The molecule has 1 rings (SSSR count). The zero-order valence-corrected chi connectivity index (χ0v) is 13.8. The summed E-state index contributed by atoms with van der Waals surface area (Å²) in [7, 11) is -3.30. The molecular formula is C14H23ClN2O3S. The number of nitrogens with zero attached hydrogens (tertiary/aromatic N) is 1. The number of hydrogen-bond donors (Lipinski definition) is 1. The van der Waals surface area contributed by atoms with Crippen LogP contribution >= 0.6 is 12.4 Å². The summed E-state index contributed by atoms with van der Waals surface area (Å²) in [5.74, 6) is -0.820. The first-order valence-corrected chi connectivity index (χ1v) is 8.53. The Hall–Kier alpha value is -1.11. The smallest absolute Gasteiger partial charge is 0.237 e. The van der Waals surface area contributed by atoms with E-state index in [2.05, 4.69) is 0 Å². The third-order valence-corrected chi connectivity index (χ3v) is 4.61. The lowest BCUT2D eigenvalue weighted by Crippen LogP contribution is -2.40. The van der Waals surface area contributed by atoms with Crippen LogP contribution in [0, 0.1) is 0 Å². The van der Waals surface area contributed by atoms with Crippen LogP contribution < -0.4 is 5.73 Å². The molecule has 0 fully saturated rings. The van der Waals surface area contributed by atoms with Gasteiger partial charge >= 0.3 is 0 Å². The van der Waals surface area contributed by atoms with E-state index in [4.69, 9.17) is 5.73 Å². The summed E-state index contributed by atoms with van der Waals surface area (Å²) < 4.78 is 23.0. The minimum absolute atomic E-state index is 0. The van der Waals surface area contributed by atoms with Crippen LogP contribution in [0.25, 0.3) is 0 Å². The van der Waals surface area contributed by atoms with Crippen LogP contribution in [0.4, 0.5) is 0 Å². The minimum Gasteiger partial charge on any atom is -0.340 e. The largest absolute Gasteiger partial charge is 0.340 e. The lowest BCUT2D eigenvalue weighted by Gasteiger charge is -2.22. The van der Waals surface area contributed by atoms with Crippen LogP contribution in [0.15, 0.2) is 30.3 Å². The van der Waals surface area contributed by atoms with Crippen molar-refractivity contribution in [3.63, 3.8) is 0 Å². The lowest BCUT2D eigenvalue weighted by molar-refractivity contribution is -0.128. The molecule has 0 saturated carbocycles. The normalized spacial score (nSPS) is 10.8. The van der Waals surface area contributed by atoms with Crippen LogP contribution in [-0.2, 0) is 21.1 Å². The molecule has 0 aliphatic rings. The van der Waals surface area contributed by atoms with Crippen molar-refractivity contribution < 1.29 is 13.2 Å². The predicted octanol–water partition coefficient (Wildman–Crippen LogP) is 0.873. The monoisotopic (exact) mass is 334 g/mol. The van der Waals surface area contributed by atoms with Crippen LogP contribution in [0.3, 0.4) is 0 Å². The lowest BCUT2D eigenvalue weighted by atomic mass is 10.1. The number of amides is 1. The highest BCUT2D eigenvalue weighted by Gasteiger charge is 2.19. The molecule has 0 saturated heterocycles. The second-order valence-electron chi connectivity index (χ2n) is 4.58. The minimum atomic E-state index is -3.30.